The molecule has 5 atom stereocenters. The Labute approximate surface area is 195 Å². The number of phosphoric ester groups is 1. The molecule has 2 rings (SSSR count). The quantitative estimate of drug-likeness (QED) is 0.206. The third-order valence-electron chi connectivity index (χ3n) is 4.45. The van der Waals surface area contributed by atoms with Crippen LogP contribution in [0.2, 0.25) is 0 Å². The van der Waals surface area contributed by atoms with Crippen molar-refractivity contribution in [2.45, 2.75) is 51.2 Å². The largest absolute Gasteiger partial charge is 0.756 e. The highest BCUT2D eigenvalue weighted by molar-refractivity contribution is 7.44. The van der Waals surface area contributed by atoms with Gasteiger partial charge in [0, 0.05) is 19.2 Å². The first-order valence-corrected chi connectivity index (χ1v) is 11.5. The van der Waals surface area contributed by atoms with Gasteiger partial charge in [0.25, 0.3) is 13.4 Å². The van der Waals surface area contributed by atoms with E-state index in [0.717, 1.165) is 10.8 Å². The number of aromatic amines is 1. The lowest BCUT2D eigenvalue weighted by Gasteiger charge is -2.24. The van der Waals surface area contributed by atoms with Crippen LogP contribution in [-0.4, -0.2) is 64.8 Å². The summed E-state index contributed by atoms with van der Waals surface area (Å²) in [5.74, 6) is 2.20. The predicted octanol–water partition coefficient (Wildman–Crippen LogP) is -0.901. The van der Waals surface area contributed by atoms with Gasteiger partial charge in [0.15, 0.2) is 6.29 Å². The molecular formula is C18H22F3N3O10P-. The summed E-state index contributed by atoms with van der Waals surface area (Å²) >= 11 is 0. The maximum Gasteiger partial charge on any atom is 0.471 e. The number of phosphoric acid groups is 1. The second kappa shape index (κ2) is 12.0. The van der Waals surface area contributed by atoms with Crippen molar-refractivity contribution in [3.63, 3.8) is 0 Å². The number of hydrogen-bond donors (Lipinski definition) is 3. The molecular weight excluding hydrogens is 506 g/mol. The summed E-state index contributed by atoms with van der Waals surface area (Å²) in [6.07, 6.45) is -7.95. The van der Waals surface area contributed by atoms with Crippen molar-refractivity contribution < 1.29 is 51.1 Å². The fourth-order valence-electron chi connectivity index (χ4n) is 3.00. The zero-order valence-corrected chi connectivity index (χ0v) is 19.3. The van der Waals surface area contributed by atoms with Crippen LogP contribution in [0.1, 0.15) is 32.1 Å². The first-order chi connectivity index (χ1) is 16.2. The van der Waals surface area contributed by atoms with Gasteiger partial charge in [-0.1, -0.05) is 11.8 Å². The van der Waals surface area contributed by atoms with E-state index in [9.17, 15) is 37.0 Å². The Morgan fingerprint density at radius 1 is 1.49 bits per heavy atom. The molecule has 13 nitrogen and oxygen atoms in total. The van der Waals surface area contributed by atoms with E-state index < -0.39 is 69.0 Å². The highest BCUT2D eigenvalue weighted by atomic mass is 31.2. The first kappa shape index (κ1) is 28.7. The van der Waals surface area contributed by atoms with Crippen molar-refractivity contribution in [1.82, 2.24) is 14.9 Å². The Bertz CT molecular complexity index is 1120. The molecule has 2 heterocycles. The molecule has 1 aliphatic rings. The molecule has 1 amide bonds. The number of H-pyrrole nitrogens is 1. The molecule has 1 aromatic rings. The number of halogens is 3. The number of rotatable bonds is 9. The van der Waals surface area contributed by atoms with Crippen molar-refractivity contribution in [2.24, 2.45) is 0 Å². The molecule has 0 aliphatic carbocycles. The Morgan fingerprint density at radius 2 is 2.17 bits per heavy atom. The maximum absolute atomic E-state index is 12.3. The van der Waals surface area contributed by atoms with Gasteiger partial charge in [-0.15, -0.1) is 0 Å². The summed E-state index contributed by atoms with van der Waals surface area (Å²) in [5.41, 5.74) is -2.19. The number of alkyl halides is 3. The smallest absolute Gasteiger partial charge is 0.471 e. The maximum atomic E-state index is 12.3. The lowest BCUT2D eigenvalue weighted by Crippen LogP contribution is -2.37. The lowest BCUT2D eigenvalue weighted by molar-refractivity contribution is -0.224. The standard InChI is InChI=1S/C18H23F3N3O10P/c1-3-31-10(2)33-12-7-14(34-13(12)9-32-35(28,29)30)24-8-11(15(25)23-17(24)27)5-4-6-22-16(26)18(19,20)21/h8,10,12-14H,3,6-7,9H2,1-2H3,(H,22,26)(H,23,25,27)(H2,28,29,30)/p-1/t10-,12?,13+,14+/m0/s1. The van der Waals surface area contributed by atoms with E-state index in [4.69, 9.17) is 19.1 Å². The zero-order chi connectivity index (χ0) is 26.4. The second-order valence-corrected chi connectivity index (χ2v) is 8.21. The first-order valence-electron chi connectivity index (χ1n) is 10.0. The van der Waals surface area contributed by atoms with Crippen molar-refractivity contribution in [3.8, 4) is 11.8 Å². The molecule has 1 aliphatic heterocycles. The summed E-state index contributed by atoms with van der Waals surface area (Å²) in [7, 11) is -5.09. The molecule has 1 fully saturated rings. The number of carbonyl (C=O) groups is 1. The second-order valence-electron chi connectivity index (χ2n) is 7.02. The van der Waals surface area contributed by atoms with Gasteiger partial charge < -0.3 is 33.8 Å². The summed E-state index contributed by atoms with van der Waals surface area (Å²) in [4.78, 5) is 57.0. The third-order valence-corrected chi connectivity index (χ3v) is 4.92. The number of carbonyl (C=O) groups excluding carboxylic acids is 1. The van der Waals surface area contributed by atoms with Gasteiger partial charge in [-0.2, -0.15) is 13.2 Å². The highest BCUT2D eigenvalue weighted by Crippen LogP contribution is 2.36. The molecule has 1 aromatic heterocycles. The number of nitrogens with one attached hydrogen (secondary N) is 2. The Balaban J connectivity index is 2.23. The van der Waals surface area contributed by atoms with E-state index in [1.54, 1.807) is 13.8 Å². The van der Waals surface area contributed by atoms with E-state index in [1.165, 1.54) is 5.32 Å². The Morgan fingerprint density at radius 3 is 2.77 bits per heavy atom. The van der Waals surface area contributed by atoms with Gasteiger partial charge in [0.05, 0.1) is 19.3 Å². The van der Waals surface area contributed by atoms with Crippen molar-refractivity contribution in [3.05, 3.63) is 32.6 Å². The molecule has 0 spiro atoms. The van der Waals surface area contributed by atoms with Gasteiger partial charge in [0.2, 0.25) is 0 Å². The minimum atomic E-state index is -5.10. The zero-order valence-electron chi connectivity index (χ0n) is 18.4. The van der Waals surface area contributed by atoms with Gasteiger partial charge in [-0.25, -0.2) is 4.79 Å². The van der Waals surface area contributed by atoms with E-state index in [1.807, 2.05) is 4.98 Å². The molecule has 35 heavy (non-hydrogen) atoms. The number of aromatic nitrogens is 2. The summed E-state index contributed by atoms with van der Waals surface area (Å²) in [5, 5.41) is 1.51. The molecule has 17 heteroatoms. The molecule has 0 aromatic carbocycles. The molecule has 3 N–H and O–H groups in total. The molecule has 0 bridgehead atoms. The van der Waals surface area contributed by atoms with Crippen LogP contribution in [-0.2, 0) is 28.1 Å². The van der Waals surface area contributed by atoms with E-state index in [2.05, 4.69) is 16.4 Å². The van der Waals surface area contributed by atoms with Crippen LogP contribution >= 0.6 is 7.82 Å². The predicted molar refractivity (Wildman–Crippen MR) is 108 cm³/mol. The Hall–Kier alpha value is -2.51. The van der Waals surface area contributed by atoms with Gasteiger partial charge in [-0.3, -0.25) is 23.7 Å². The molecule has 1 saturated heterocycles. The average molecular weight is 528 g/mol. The van der Waals surface area contributed by atoms with Crippen LogP contribution in [0.15, 0.2) is 15.8 Å². The van der Waals surface area contributed by atoms with Crippen LogP contribution in [0.25, 0.3) is 0 Å². The monoisotopic (exact) mass is 528 g/mol. The van der Waals surface area contributed by atoms with E-state index in [-0.39, 0.29) is 12.0 Å². The molecule has 196 valence electrons. The van der Waals surface area contributed by atoms with E-state index >= 15 is 0 Å². The lowest BCUT2D eigenvalue weighted by atomic mass is 10.2. The summed E-state index contributed by atoms with van der Waals surface area (Å²) < 4.78 is 69.4. The molecule has 2 unspecified atom stereocenters. The van der Waals surface area contributed by atoms with Crippen LogP contribution < -0.4 is 21.5 Å². The minimum absolute atomic E-state index is 0.0412. The van der Waals surface area contributed by atoms with E-state index in [0.29, 0.717) is 6.61 Å². The number of hydrogen-bond acceptors (Lipinski definition) is 9. The van der Waals surface area contributed by atoms with Crippen molar-refractivity contribution >= 4 is 13.7 Å². The van der Waals surface area contributed by atoms with Crippen LogP contribution in [0.5, 0.6) is 0 Å². The number of amides is 1. The molecule has 0 saturated carbocycles. The third kappa shape index (κ3) is 8.89. The number of ether oxygens (including phenoxy) is 3. The van der Waals surface area contributed by atoms with Gasteiger partial charge >= 0.3 is 17.8 Å². The van der Waals surface area contributed by atoms with Crippen molar-refractivity contribution in [1.29, 1.82) is 0 Å². The topological polar surface area (TPSA) is 181 Å². The van der Waals surface area contributed by atoms with Crippen LogP contribution in [0.4, 0.5) is 13.2 Å². The molecule has 0 radical (unpaired) electrons. The summed E-state index contributed by atoms with van der Waals surface area (Å²) in [6.45, 7) is 2.21. The fourth-order valence-corrected chi connectivity index (χ4v) is 3.34. The number of nitrogens with zero attached hydrogens (tertiary/aromatic N) is 1. The minimum Gasteiger partial charge on any atom is -0.756 e. The highest BCUT2D eigenvalue weighted by Gasteiger charge is 2.40. The average Bonchev–Trinajstić information content (AvgIpc) is 3.12. The fraction of sp³-hybridized carbons (Fsp3) is 0.611. The van der Waals surface area contributed by atoms with Crippen molar-refractivity contribution in [2.75, 3.05) is 19.8 Å². The van der Waals surface area contributed by atoms with Crippen LogP contribution in [0.3, 0.4) is 0 Å². The Kier molecular flexibility index (Phi) is 9.81. The summed E-state index contributed by atoms with van der Waals surface area (Å²) in [6, 6.07) is 0. The SMILES string of the molecule is CCO[C@H](C)OC1C[C@H](n2cc(C#CCNC(=O)C(F)(F)F)c(=O)[nH]c2=O)O[C@@H]1COP(=O)([O-])O. The van der Waals surface area contributed by atoms with Crippen LogP contribution in [0, 0.1) is 11.8 Å². The van der Waals surface area contributed by atoms with Gasteiger partial charge in [-0.05, 0) is 13.8 Å². The van der Waals surface area contributed by atoms with Gasteiger partial charge in [0.1, 0.15) is 17.9 Å². The normalized spacial score (nSPS) is 22.7.